The molecule has 0 aliphatic carbocycles. The number of tetrazole rings is 1. The predicted molar refractivity (Wildman–Crippen MR) is 103 cm³/mol. The summed E-state index contributed by atoms with van der Waals surface area (Å²) in [7, 11) is 0. The lowest BCUT2D eigenvalue weighted by Gasteiger charge is -2.21. The molecular formula is C19H17N5O3S. The van der Waals surface area contributed by atoms with Gasteiger partial charge in [-0.3, -0.25) is 4.79 Å². The Morgan fingerprint density at radius 3 is 2.46 bits per heavy atom. The van der Waals surface area contributed by atoms with E-state index in [0.717, 1.165) is 11.4 Å². The topological polar surface area (TPSA) is 90.2 Å². The minimum absolute atomic E-state index is 0.0693. The van der Waals surface area contributed by atoms with Crippen LogP contribution in [-0.2, 0) is 17.9 Å². The Labute approximate surface area is 165 Å². The molecule has 0 saturated heterocycles. The van der Waals surface area contributed by atoms with Crippen LogP contribution in [0.5, 0.6) is 0 Å². The fourth-order valence-electron chi connectivity index (χ4n) is 2.64. The summed E-state index contributed by atoms with van der Waals surface area (Å²) < 4.78 is 12.4. The second-order valence-electron chi connectivity index (χ2n) is 5.88. The van der Waals surface area contributed by atoms with Crippen molar-refractivity contribution in [3.05, 3.63) is 78.6 Å². The molecule has 0 saturated carbocycles. The van der Waals surface area contributed by atoms with Crippen molar-refractivity contribution in [3.8, 4) is 0 Å². The van der Waals surface area contributed by atoms with Crippen LogP contribution in [0.15, 0.2) is 81.1 Å². The van der Waals surface area contributed by atoms with Gasteiger partial charge in [0.15, 0.2) is 0 Å². The maximum Gasteiger partial charge on any atom is 0.237 e. The van der Waals surface area contributed by atoms with Crippen molar-refractivity contribution in [2.45, 2.75) is 18.2 Å². The second kappa shape index (κ2) is 8.57. The summed E-state index contributed by atoms with van der Waals surface area (Å²) in [5.41, 5.74) is 0.805. The molecule has 0 atom stereocenters. The summed E-state index contributed by atoms with van der Waals surface area (Å²) in [6.45, 7) is 0.763. The van der Waals surface area contributed by atoms with Crippen LogP contribution in [0.1, 0.15) is 11.5 Å². The summed E-state index contributed by atoms with van der Waals surface area (Å²) in [4.78, 5) is 14.6. The molecule has 28 heavy (non-hydrogen) atoms. The Bertz CT molecular complexity index is 1000. The smallest absolute Gasteiger partial charge is 0.237 e. The van der Waals surface area contributed by atoms with E-state index < -0.39 is 0 Å². The lowest BCUT2D eigenvalue weighted by atomic mass is 10.2. The molecule has 1 aromatic carbocycles. The van der Waals surface area contributed by atoms with Gasteiger partial charge < -0.3 is 13.7 Å². The van der Waals surface area contributed by atoms with Crippen molar-refractivity contribution < 1.29 is 13.6 Å². The zero-order valence-corrected chi connectivity index (χ0v) is 15.7. The van der Waals surface area contributed by atoms with E-state index in [0.29, 0.717) is 24.0 Å². The summed E-state index contributed by atoms with van der Waals surface area (Å²) in [5.74, 6) is 1.57. The summed E-state index contributed by atoms with van der Waals surface area (Å²) >= 11 is 1.28. The van der Waals surface area contributed by atoms with Gasteiger partial charge >= 0.3 is 0 Å². The SMILES string of the molecule is O=C(CSc1nnnn1Cc1ccco1)N(Cc1ccco1)c1ccccc1. The van der Waals surface area contributed by atoms with Gasteiger partial charge in [0.2, 0.25) is 11.1 Å². The molecule has 4 aromatic rings. The van der Waals surface area contributed by atoms with E-state index >= 15 is 0 Å². The van der Waals surface area contributed by atoms with Gasteiger partial charge in [-0.15, -0.1) is 5.10 Å². The zero-order chi connectivity index (χ0) is 19.2. The van der Waals surface area contributed by atoms with Gasteiger partial charge in [-0.25, -0.2) is 4.68 Å². The Balaban J connectivity index is 1.45. The van der Waals surface area contributed by atoms with E-state index in [1.807, 2.05) is 48.5 Å². The van der Waals surface area contributed by atoms with Crippen LogP contribution in [0.25, 0.3) is 0 Å². The number of para-hydroxylation sites is 1. The number of carbonyl (C=O) groups excluding carboxylic acids is 1. The molecule has 3 heterocycles. The Morgan fingerprint density at radius 2 is 1.75 bits per heavy atom. The number of benzene rings is 1. The van der Waals surface area contributed by atoms with E-state index in [9.17, 15) is 4.79 Å². The lowest BCUT2D eigenvalue weighted by Crippen LogP contribution is -2.31. The number of furan rings is 2. The predicted octanol–water partition coefficient (Wildman–Crippen LogP) is 3.23. The van der Waals surface area contributed by atoms with Crippen molar-refractivity contribution in [1.82, 2.24) is 20.2 Å². The number of hydrogen-bond donors (Lipinski definition) is 0. The second-order valence-corrected chi connectivity index (χ2v) is 6.82. The molecule has 0 fully saturated rings. The van der Waals surface area contributed by atoms with E-state index in [4.69, 9.17) is 8.83 Å². The first-order chi connectivity index (χ1) is 13.8. The van der Waals surface area contributed by atoms with Gasteiger partial charge in [-0.2, -0.15) is 0 Å². The van der Waals surface area contributed by atoms with Gasteiger partial charge in [0.1, 0.15) is 18.1 Å². The first kappa shape index (κ1) is 18.1. The van der Waals surface area contributed by atoms with Gasteiger partial charge in [0.05, 0.1) is 24.8 Å². The van der Waals surface area contributed by atoms with Gasteiger partial charge in [0.25, 0.3) is 0 Å². The first-order valence-electron chi connectivity index (χ1n) is 8.59. The van der Waals surface area contributed by atoms with Crippen LogP contribution < -0.4 is 4.90 Å². The minimum atomic E-state index is -0.0693. The third-order valence-electron chi connectivity index (χ3n) is 3.97. The number of anilines is 1. The zero-order valence-electron chi connectivity index (χ0n) is 14.8. The van der Waals surface area contributed by atoms with Gasteiger partial charge in [-0.05, 0) is 46.8 Å². The van der Waals surface area contributed by atoms with Gasteiger partial charge in [0, 0.05) is 5.69 Å². The maximum atomic E-state index is 13.0. The average Bonchev–Trinajstić information content (AvgIpc) is 3.49. The molecule has 1 amide bonds. The number of amides is 1. The molecule has 142 valence electrons. The average molecular weight is 395 g/mol. The molecule has 0 unspecified atom stereocenters. The molecule has 0 bridgehead atoms. The molecule has 4 rings (SSSR count). The lowest BCUT2D eigenvalue weighted by molar-refractivity contribution is -0.116. The molecule has 8 nitrogen and oxygen atoms in total. The summed E-state index contributed by atoms with van der Waals surface area (Å²) in [6, 6.07) is 16.8. The number of rotatable bonds is 8. The normalized spacial score (nSPS) is 10.9. The Morgan fingerprint density at radius 1 is 1.00 bits per heavy atom. The van der Waals surface area contributed by atoms with Crippen molar-refractivity contribution in [3.63, 3.8) is 0 Å². The van der Waals surface area contributed by atoms with E-state index in [1.54, 1.807) is 28.2 Å². The van der Waals surface area contributed by atoms with E-state index in [2.05, 4.69) is 15.5 Å². The number of carbonyl (C=O) groups is 1. The van der Waals surface area contributed by atoms with E-state index in [1.165, 1.54) is 11.8 Å². The molecule has 3 aromatic heterocycles. The van der Waals surface area contributed by atoms with Crippen molar-refractivity contribution in [1.29, 1.82) is 0 Å². The van der Waals surface area contributed by atoms with Crippen LogP contribution >= 0.6 is 11.8 Å². The van der Waals surface area contributed by atoms with Crippen LogP contribution in [-0.4, -0.2) is 31.9 Å². The molecule has 0 aliphatic heterocycles. The first-order valence-corrected chi connectivity index (χ1v) is 9.57. The number of hydrogen-bond acceptors (Lipinski definition) is 7. The highest BCUT2D eigenvalue weighted by molar-refractivity contribution is 7.99. The Hall–Kier alpha value is -3.33. The maximum absolute atomic E-state index is 13.0. The molecule has 0 N–H and O–H groups in total. The summed E-state index contributed by atoms with van der Waals surface area (Å²) in [5, 5.41) is 12.2. The third kappa shape index (κ3) is 4.32. The fourth-order valence-corrected chi connectivity index (χ4v) is 3.40. The molecule has 0 radical (unpaired) electrons. The highest BCUT2D eigenvalue weighted by Gasteiger charge is 2.19. The van der Waals surface area contributed by atoms with E-state index in [-0.39, 0.29) is 11.7 Å². The van der Waals surface area contributed by atoms with Gasteiger partial charge in [-0.1, -0.05) is 30.0 Å². The quantitative estimate of drug-likeness (QED) is 0.423. The van der Waals surface area contributed by atoms with Crippen molar-refractivity contribution >= 4 is 23.4 Å². The van der Waals surface area contributed by atoms with Crippen molar-refractivity contribution in [2.75, 3.05) is 10.7 Å². The number of nitrogens with zero attached hydrogens (tertiary/aromatic N) is 5. The molecule has 0 spiro atoms. The third-order valence-corrected chi connectivity index (χ3v) is 4.91. The highest BCUT2D eigenvalue weighted by atomic mass is 32.2. The monoisotopic (exact) mass is 395 g/mol. The Kier molecular flexibility index (Phi) is 5.53. The minimum Gasteiger partial charge on any atom is -0.467 e. The number of aromatic nitrogens is 4. The van der Waals surface area contributed by atoms with Crippen LogP contribution in [0.3, 0.4) is 0 Å². The molecular weight excluding hydrogens is 378 g/mol. The summed E-state index contributed by atoms with van der Waals surface area (Å²) in [6.07, 6.45) is 3.20. The highest BCUT2D eigenvalue weighted by Crippen LogP contribution is 2.21. The number of thioether (sulfide) groups is 1. The largest absolute Gasteiger partial charge is 0.467 e. The van der Waals surface area contributed by atoms with Crippen molar-refractivity contribution in [2.24, 2.45) is 0 Å². The van der Waals surface area contributed by atoms with Crippen LogP contribution in [0.2, 0.25) is 0 Å². The molecule has 9 heteroatoms. The standard InChI is InChI=1S/C19H17N5O3S/c25-18(14-28-19-20-21-22-24(19)13-17-9-5-11-27-17)23(12-16-8-4-10-26-16)15-6-2-1-3-7-15/h1-11H,12-14H2. The molecule has 0 aliphatic rings. The van der Waals surface area contributed by atoms with Crippen LogP contribution in [0.4, 0.5) is 5.69 Å². The van der Waals surface area contributed by atoms with Crippen LogP contribution in [0, 0.1) is 0 Å². The fraction of sp³-hybridized carbons (Fsp3) is 0.158.